The van der Waals surface area contributed by atoms with E-state index in [1.165, 1.54) is 32.4 Å². The molecule has 1 fully saturated rings. The summed E-state index contributed by atoms with van der Waals surface area (Å²) in [6.45, 7) is 0.173. The highest BCUT2D eigenvalue weighted by molar-refractivity contribution is 9.10. The summed E-state index contributed by atoms with van der Waals surface area (Å²) in [5, 5.41) is 13.2. The van der Waals surface area contributed by atoms with Crippen molar-refractivity contribution in [3.05, 3.63) is 67.8 Å². The number of likely N-dealkylation sites (N-methyl/N-ethyl adjacent to an activating group) is 1. The second-order valence-electron chi connectivity index (χ2n) is 6.10. The molecule has 3 amide bonds. The Morgan fingerprint density at radius 3 is 2.48 bits per heavy atom. The maximum Gasteiger partial charge on any atom is 0.328 e. The van der Waals surface area contributed by atoms with Crippen LogP contribution in [0, 0.1) is 10.1 Å². The lowest BCUT2D eigenvalue weighted by molar-refractivity contribution is -0.384. The van der Waals surface area contributed by atoms with Gasteiger partial charge in [-0.2, -0.15) is 0 Å². The monoisotopic (exact) mass is 461 g/mol. The molecule has 2 aromatic carbocycles. The molecule has 2 aromatic rings. The quantitative estimate of drug-likeness (QED) is 0.305. The number of halogens is 1. The van der Waals surface area contributed by atoms with Gasteiger partial charge in [-0.15, -0.1) is 0 Å². The lowest BCUT2D eigenvalue weighted by Gasteiger charge is -2.14. The Morgan fingerprint density at radius 2 is 1.93 bits per heavy atom. The molecule has 1 heterocycles. The lowest BCUT2D eigenvalue weighted by Crippen LogP contribution is -2.25. The number of hydrogen-bond acceptors (Lipinski definition) is 6. The van der Waals surface area contributed by atoms with Crippen LogP contribution in [0.1, 0.15) is 11.1 Å². The number of imide groups is 1. The van der Waals surface area contributed by atoms with Crippen LogP contribution in [-0.4, -0.2) is 35.9 Å². The predicted molar refractivity (Wildman–Crippen MR) is 107 cm³/mol. The highest BCUT2D eigenvalue weighted by atomic mass is 79.9. The van der Waals surface area contributed by atoms with E-state index in [0.717, 1.165) is 10.5 Å². The molecule has 0 bridgehead atoms. The van der Waals surface area contributed by atoms with Gasteiger partial charge in [-0.3, -0.25) is 19.8 Å². The van der Waals surface area contributed by atoms with E-state index in [0.29, 0.717) is 21.5 Å². The van der Waals surface area contributed by atoms with Gasteiger partial charge in [-0.1, -0.05) is 0 Å². The number of nitrogens with zero attached hydrogens (tertiary/aromatic N) is 2. The fourth-order valence-corrected chi connectivity index (χ4v) is 3.20. The van der Waals surface area contributed by atoms with Crippen molar-refractivity contribution in [1.29, 1.82) is 0 Å². The van der Waals surface area contributed by atoms with Crippen molar-refractivity contribution in [2.45, 2.75) is 6.61 Å². The standard InChI is InChI=1S/C19H16BrN3O6/c1-22-18(24)15(21-19(22)25)8-12-7-14(20)17(16(9-12)28-2)29-10-11-3-5-13(6-4-11)23(26)27/h3-9H,10H2,1-2H3,(H,21,25)/b15-8+. The number of carbonyl (C=O) groups excluding carboxylic acids is 2. The number of rotatable bonds is 6. The summed E-state index contributed by atoms with van der Waals surface area (Å²) in [4.78, 5) is 34.8. The molecule has 1 aliphatic rings. The third-order valence-corrected chi connectivity index (χ3v) is 4.76. The Hall–Kier alpha value is -3.40. The number of methoxy groups -OCH3 is 1. The molecule has 1 aliphatic heterocycles. The SMILES string of the molecule is COc1cc(/C=C2/NC(=O)N(C)C2=O)cc(Br)c1OCc1ccc([N+](=O)[O-])cc1. The van der Waals surface area contributed by atoms with Crippen LogP contribution < -0.4 is 14.8 Å². The average molecular weight is 462 g/mol. The minimum atomic E-state index is -0.490. The third-order valence-electron chi connectivity index (χ3n) is 4.17. The van der Waals surface area contributed by atoms with E-state index in [1.807, 2.05) is 0 Å². The van der Waals surface area contributed by atoms with Crippen molar-refractivity contribution in [2.24, 2.45) is 0 Å². The van der Waals surface area contributed by atoms with Gasteiger partial charge in [-0.05, 0) is 57.4 Å². The first-order valence-corrected chi connectivity index (χ1v) is 9.14. The number of non-ortho nitro benzene ring substituents is 1. The smallest absolute Gasteiger partial charge is 0.328 e. The van der Waals surface area contributed by atoms with Crippen molar-refractivity contribution in [1.82, 2.24) is 10.2 Å². The highest BCUT2D eigenvalue weighted by Gasteiger charge is 2.30. The summed E-state index contributed by atoms with van der Waals surface area (Å²) in [5.74, 6) is 0.425. The largest absolute Gasteiger partial charge is 0.493 e. The zero-order chi connectivity index (χ0) is 21.1. The molecule has 0 spiro atoms. The van der Waals surface area contributed by atoms with Crippen molar-refractivity contribution >= 4 is 39.6 Å². The Morgan fingerprint density at radius 1 is 1.24 bits per heavy atom. The number of nitro benzene ring substituents is 1. The summed E-state index contributed by atoms with van der Waals surface area (Å²) in [5.41, 5.74) is 1.53. The number of benzene rings is 2. The number of nitro groups is 1. The first-order valence-electron chi connectivity index (χ1n) is 8.34. The molecule has 9 nitrogen and oxygen atoms in total. The van der Waals surface area contributed by atoms with E-state index in [4.69, 9.17) is 9.47 Å². The minimum absolute atomic E-state index is 0.00379. The number of nitrogens with one attached hydrogen (secondary N) is 1. The summed E-state index contributed by atoms with van der Waals surface area (Å²) in [6.07, 6.45) is 1.54. The molecule has 1 N–H and O–H groups in total. The summed E-state index contributed by atoms with van der Waals surface area (Å²) >= 11 is 3.43. The number of hydrogen-bond donors (Lipinski definition) is 1. The molecule has 0 radical (unpaired) electrons. The van der Waals surface area contributed by atoms with Gasteiger partial charge in [0.15, 0.2) is 11.5 Å². The van der Waals surface area contributed by atoms with Gasteiger partial charge in [0.2, 0.25) is 0 Å². The molecule has 0 saturated carbocycles. The highest BCUT2D eigenvalue weighted by Crippen LogP contribution is 2.38. The van der Waals surface area contributed by atoms with Crippen LogP contribution >= 0.6 is 15.9 Å². The lowest BCUT2D eigenvalue weighted by atomic mass is 10.1. The van der Waals surface area contributed by atoms with Crippen LogP contribution in [0.4, 0.5) is 10.5 Å². The van der Waals surface area contributed by atoms with E-state index < -0.39 is 16.9 Å². The molecule has 10 heteroatoms. The van der Waals surface area contributed by atoms with Crippen LogP contribution in [0.25, 0.3) is 6.08 Å². The number of carbonyl (C=O) groups is 2. The minimum Gasteiger partial charge on any atom is -0.493 e. The Labute approximate surface area is 174 Å². The molecule has 150 valence electrons. The molecule has 29 heavy (non-hydrogen) atoms. The Bertz CT molecular complexity index is 1020. The van der Waals surface area contributed by atoms with Gasteiger partial charge in [0, 0.05) is 19.2 Å². The van der Waals surface area contributed by atoms with Crippen molar-refractivity contribution < 1.29 is 24.0 Å². The van der Waals surface area contributed by atoms with Crippen LogP contribution in [0.3, 0.4) is 0 Å². The van der Waals surface area contributed by atoms with Crippen molar-refractivity contribution in [3.8, 4) is 11.5 Å². The van der Waals surface area contributed by atoms with Crippen LogP contribution in [0.5, 0.6) is 11.5 Å². The first-order chi connectivity index (χ1) is 13.8. The fraction of sp³-hybridized carbons (Fsp3) is 0.158. The second kappa shape index (κ2) is 8.31. The molecule has 0 atom stereocenters. The second-order valence-corrected chi connectivity index (χ2v) is 6.95. The predicted octanol–water partition coefficient (Wildman–Crippen LogP) is 3.47. The maximum atomic E-state index is 12.0. The van der Waals surface area contributed by atoms with Crippen molar-refractivity contribution in [2.75, 3.05) is 14.2 Å². The fourth-order valence-electron chi connectivity index (χ4n) is 2.62. The molecule has 3 rings (SSSR count). The van der Waals surface area contributed by atoms with Gasteiger partial charge >= 0.3 is 6.03 Å². The van der Waals surface area contributed by atoms with Crippen LogP contribution in [0.2, 0.25) is 0 Å². The summed E-state index contributed by atoms with van der Waals surface area (Å²) in [6, 6.07) is 8.94. The maximum absolute atomic E-state index is 12.0. The van der Waals surface area contributed by atoms with Gasteiger partial charge in [0.1, 0.15) is 12.3 Å². The van der Waals surface area contributed by atoms with Gasteiger partial charge in [-0.25, -0.2) is 4.79 Å². The van der Waals surface area contributed by atoms with Gasteiger partial charge in [0.05, 0.1) is 16.5 Å². The van der Waals surface area contributed by atoms with Gasteiger partial charge < -0.3 is 14.8 Å². The molecule has 1 saturated heterocycles. The Kier molecular flexibility index (Phi) is 5.83. The van der Waals surface area contributed by atoms with Gasteiger partial charge in [0.25, 0.3) is 11.6 Å². The first kappa shape index (κ1) is 20.3. The molecule has 0 unspecified atom stereocenters. The zero-order valence-electron chi connectivity index (χ0n) is 15.5. The van der Waals surface area contributed by atoms with E-state index in [2.05, 4.69) is 21.2 Å². The van der Waals surface area contributed by atoms with E-state index in [9.17, 15) is 19.7 Å². The summed E-state index contributed by atoms with van der Waals surface area (Å²) < 4.78 is 11.8. The van der Waals surface area contributed by atoms with E-state index in [-0.39, 0.29) is 18.0 Å². The Balaban J connectivity index is 1.81. The normalized spacial score (nSPS) is 14.9. The number of amides is 3. The number of ether oxygens (including phenoxy) is 2. The molecule has 0 aromatic heterocycles. The van der Waals surface area contributed by atoms with E-state index >= 15 is 0 Å². The van der Waals surface area contributed by atoms with E-state index in [1.54, 1.807) is 24.3 Å². The average Bonchev–Trinajstić information content (AvgIpc) is 2.93. The van der Waals surface area contributed by atoms with Crippen molar-refractivity contribution in [3.63, 3.8) is 0 Å². The summed E-state index contributed by atoms with van der Waals surface area (Å²) in [7, 11) is 2.87. The zero-order valence-corrected chi connectivity index (χ0v) is 17.1. The number of urea groups is 1. The third kappa shape index (κ3) is 4.37. The van der Waals surface area contributed by atoms with Crippen LogP contribution in [0.15, 0.2) is 46.6 Å². The van der Waals surface area contributed by atoms with Crippen LogP contribution in [-0.2, 0) is 11.4 Å². The molecular formula is C19H16BrN3O6. The molecule has 0 aliphatic carbocycles. The molecular weight excluding hydrogens is 446 g/mol. The topological polar surface area (TPSA) is 111 Å².